The molecule has 0 bridgehead atoms. The number of anilines is 1. The molecule has 118 valence electrons. The lowest BCUT2D eigenvalue weighted by atomic mass is 10.2. The largest absolute Gasteiger partial charge is 0.305 e. The smallest absolute Gasteiger partial charge is 0.277 e. The van der Waals surface area contributed by atoms with Crippen molar-refractivity contribution in [3.05, 3.63) is 59.7 Å². The number of rotatable bonds is 4. The van der Waals surface area contributed by atoms with Crippen LogP contribution >= 0.6 is 0 Å². The number of fused-ring (bicyclic) bond motifs is 1. The summed E-state index contributed by atoms with van der Waals surface area (Å²) in [6, 6.07) is 9.48. The van der Waals surface area contributed by atoms with E-state index in [0.717, 1.165) is 16.9 Å². The normalized spacial score (nSPS) is 11.1. The quantitative estimate of drug-likeness (QED) is 0.803. The molecule has 6 nitrogen and oxygen atoms in total. The first-order chi connectivity index (χ1) is 11.1. The van der Waals surface area contributed by atoms with Crippen molar-refractivity contribution in [3.8, 4) is 0 Å². The maximum absolute atomic E-state index is 12.7. The molecular formula is C17H19N5O. The SMILES string of the molecule is Cc1cccnc1NC(=O)c1nc2ccccn2c1CN(C)C. The summed E-state index contributed by atoms with van der Waals surface area (Å²) < 4.78 is 1.94. The third-order valence-electron chi connectivity index (χ3n) is 3.55. The molecule has 0 radical (unpaired) electrons. The molecule has 0 saturated heterocycles. The van der Waals surface area contributed by atoms with Crippen LogP contribution in [0.2, 0.25) is 0 Å². The lowest BCUT2D eigenvalue weighted by Gasteiger charge is -2.11. The van der Waals surface area contributed by atoms with E-state index in [1.807, 2.05) is 66.8 Å². The van der Waals surface area contributed by atoms with E-state index in [1.165, 1.54) is 0 Å². The second kappa shape index (κ2) is 6.18. The zero-order valence-electron chi connectivity index (χ0n) is 13.4. The second-order valence-electron chi connectivity index (χ2n) is 5.70. The van der Waals surface area contributed by atoms with Gasteiger partial charge in [0.15, 0.2) is 5.69 Å². The number of nitrogens with zero attached hydrogens (tertiary/aromatic N) is 4. The minimum atomic E-state index is -0.243. The zero-order valence-corrected chi connectivity index (χ0v) is 13.4. The Morgan fingerprint density at radius 2 is 2.09 bits per heavy atom. The fourth-order valence-electron chi connectivity index (χ4n) is 2.46. The van der Waals surface area contributed by atoms with Gasteiger partial charge in [-0.25, -0.2) is 9.97 Å². The van der Waals surface area contributed by atoms with Gasteiger partial charge in [0.2, 0.25) is 0 Å². The standard InChI is InChI=1S/C17H19N5O/c1-12-7-6-9-18-16(12)20-17(23)15-13(11-21(2)3)22-10-5-4-8-14(22)19-15/h4-10H,11H2,1-3H3,(H,18,20,23). The van der Waals surface area contributed by atoms with Gasteiger partial charge in [0.05, 0.1) is 5.69 Å². The van der Waals surface area contributed by atoms with E-state index in [9.17, 15) is 4.79 Å². The number of pyridine rings is 2. The van der Waals surface area contributed by atoms with E-state index in [1.54, 1.807) is 6.20 Å². The Morgan fingerprint density at radius 3 is 2.83 bits per heavy atom. The highest BCUT2D eigenvalue weighted by atomic mass is 16.2. The van der Waals surface area contributed by atoms with E-state index in [0.29, 0.717) is 18.1 Å². The summed E-state index contributed by atoms with van der Waals surface area (Å²) in [6.45, 7) is 2.53. The lowest BCUT2D eigenvalue weighted by Crippen LogP contribution is -2.20. The number of nitrogens with one attached hydrogen (secondary N) is 1. The molecule has 0 spiro atoms. The van der Waals surface area contributed by atoms with Gasteiger partial charge in [0, 0.05) is 18.9 Å². The Hall–Kier alpha value is -2.73. The van der Waals surface area contributed by atoms with Crippen LogP contribution in [0.4, 0.5) is 5.82 Å². The highest BCUT2D eigenvalue weighted by Crippen LogP contribution is 2.17. The first-order valence-corrected chi connectivity index (χ1v) is 7.40. The molecule has 0 aliphatic carbocycles. The van der Waals surface area contributed by atoms with Crippen LogP contribution in [0.25, 0.3) is 5.65 Å². The van der Waals surface area contributed by atoms with Gasteiger partial charge in [-0.15, -0.1) is 0 Å². The molecule has 0 aliphatic rings. The molecule has 0 fully saturated rings. The first-order valence-electron chi connectivity index (χ1n) is 7.40. The van der Waals surface area contributed by atoms with Crippen molar-refractivity contribution >= 4 is 17.4 Å². The summed E-state index contributed by atoms with van der Waals surface area (Å²) >= 11 is 0. The first kappa shape index (κ1) is 15.2. The molecule has 3 rings (SSSR count). The molecule has 0 aromatic carbocycles. The number of aromatic nitrogens is 3. The van der Waals surface area contributed by atoms with Crippen molar-refractivity contribution in [2.24, 2.45) is 0 Å². The summed E-state index contributed by atoms with van der Waals surface area (Å²) in [6.07, 6.45) is 3.58. The van der Waals surface area contributed by atoms with Crippen molar-refractivity contribution in [1.82, 2.24) is 19.3 Å². The molecule has 3 aromatic rings. The molecule has 1 N–H and O–H groups in total. The second-order valence-corrected chi connectivity index (χ2v) is 5.70. The Balaban J connectivity index is 2.01. The molecule has 3 aromatic heterocycles. The fourth-order valence-corrected chi connectivity index (χ4v) is 2.46. The lowest BCUT2D eigenvalue weighted by molar-refractivity contribution is 0.102. The molecule has 6 heteroatoms. The number of amides is 1. The van der Waals surface area contributed by atoms with E-state index >= 15 is 0 Å². The molecule has 0 saturated carbocycles. The minimum absolute atomic E-state index is 0.243. The fraction of sp³-hybridized carbons (Fsp3) is 0.235. The summed E-state index contributed by atoms with van der Waals surface area (Å²) in [7, 11) is 3.93. The van der Waals surface area contributed by atoms with Crippen LogP contribution in [0, 0.1) is 6.92 Å². The van der Waals surface area contributed by atoms with Gasteiger partial charge < -0.3 is 14.6 Å². The third kappa shape index (κ3) is 3.07. The zero-order chi connectivity index (χ0) is 16.4. The summed E-state index contributed by atoms with van der Waals surface area (Å²) in [5, 5.41) is 2.86. The Kier molecular flexibility index (Phi) is 4.08. The number of imidazole rings is 1. The van der Waals surface area contributed by atoms with Crippen molar-refractivity contribution < 1.29 is 4.79 Å². The number of hydrogen-bond donors (Lipinski definition) is 1. The summed E-state index contributed by atoms with van der Waals surface area (Å²) in [5.74, 6) is 0.317. The van der Waals surface area contributed by atoms with Gasteiger partial charge >= 0.3 is 0 Å². The maximum atomic E-state index is 12.7. The Labute approximate surface area is 134 Å². The molecule has 23 heavy (non-hydrogen) atoms. The van der Waals surface area contributed by atoms with Gasteiger partial charge in [-0.05, 0) is 44.8 Å². The van der Waals surface area contributed by atoms with Gasteiger partial charge in [0.25, 0.3) is 5.91 Å². The van der Waals surface area contributed by atoms with Crippen molar-refractivity contribution in [2.75, 3.05) is 19.4 Å². The Bertz CT molecular complexity index is 853. The monoisotopic (exact) mass is 309 g/mol. The predicted molar refractivity (Wildman–Crippen MR) is 89.5 cm³/mol. The number of carbonyl (C=O) groups excluding carboxylic acids is 1. The molecule has 1 amide bonds. The average molecular weight is 309 g/mol. The molecule has 0 unspecified atom stereocenters. The van der Waals surface area contributed by atoms with Crippen molar-refractivity contribution in [3.63, 3.8) is 0 Å². The number of carbonyl (C=O) groups is 1. The van der Waals surface area contributed by atoms with Crippen LogP contribution in [0.5, 0.6) is 0 Å². The van der Waals surface area contributed by atoms with Crippen molar-refractivity contribution in [1.29, 1.82) is 0 Å². The molecule has 0 atom stereocenters. The van der Waals surface area contributed by atoms with Gasteiger partial charge in [-0.3, -0.25) is 4.79 Å². The van der Waals surface area contributed by atoms with Crippen LogP contribution < -0.4 is 5.32 Å². The van der Waals surface area contributed by atoms with Crippen LogP contribution in [0.3, 0.4) is 0 Å². The van der Waals surface area contributed by atoms with Gasteiger partial charge in [-0.1, -0.05) is 12.1 Å². The Morgan fingerprint density at radius 1 is 1.26 bits per heavy atom. The van der Waals surface area contributed by atoms with Crippen LogP contribution in [-0.4, -0.2) is 39.3 Å². The minimum Gasteiger partial charge on any atom is -0.305 e. The van der Waals surface area contributed by atoms with E-state index in [-0.39, 0.29) is 5.91 Å². The highest BCUT2D eigenvalue weighted by Gasteiger charge is 2.20. The number of hydrogen-bond acceptors (Lipinski definition) is 4. The van der Waals surface area contributed by atoms with Crippen molar-refractivity contribution in [2.45, 2.75) is 13.5 Å². The third-order valence-corrected chi connectivity index (χ3v) is 3.55. The maximum Gasteiger partial charge on any atom is 0.277 e. The van der Waals surface area contributed by atoms with Gasteiger partial charge in [0.1, 0.15) is 11.5 Å². The van der Waals surface area contributed by atoms with Crippen LogP contribution in [0.15, 0.2) is 42.7 Å². The summed E-state index contributed by atoms with van der Waals surface area (Å²) in [4.78, 5) is 23.4. The summed E-state index contributed by atoms with van der Waals surface area (Å²) in [5.41, 5.74) is 2.96. The molecular weight excluding hydrogens is 290 g/mol. The van der Waals surface area contributed by atoms with E-state index in [4.69, 9.17) is 0 Å². The predicted octanol–water partition coefficient (Wildman–Crippen LogP) is 2.35. The van der Waals surface area contributed by atoms with Gasteiger partial charge in [-0.2, -0.15) is 0 Å². The van der Waals surface area contributed by atoms with Crippen LogP contribution in [0.1, 0.15) is 21.7 Å². The molecule has 0 aliphatic heterocycles. The molecule has 3 heterocycles. The number of aryl methyl sites for hydroxylation is 1. The van der Waals surface area contributed by atoms with E-state index < -0.39 is 0 Å². The van der Waals surface area contributed by atoms with E-state index in [2.05, 4.69) is 15.3 Å². The highest BCUT2D eigenvalue weighted by molar-refractivity contribution is 6.04. The average Bonchev–Trinajstić information content (AvgIpc) is 2.88. The topological polar surface area (TPSA) is 62.5 Å². The van der Waals surface area contributed by atoms with Crippen LogP contribution in [-0.2, 0) is 6.54 Å².